The highest BCUT2D eigenvalue weighted by Crippen LogP contribution is 2.34. The number of anilines is 1. The van der Waals surface area contributed by atoms with E-state index in [1.807, 2.05) is 19.1 Å². The molecular weight excluding hydrogens is 448 g/mol. The third kappa shape index (κ3) is 3.96. The lowest BCUT2D eigenvalue weighted by Gasteiger charge is -2.29. The molecule has 5 rings (SSSR count). The van der Waals surface area contributed by atoms with Gasteiger partial charge < -0.3 is 14.4 Å². The van der Waals surface area contributed by atoms with Gasteiger partial charge >= 0.3 is 0 Å². The van der Waals surface area contributed by atoms with Crippen LogP contribution in [-0.2, 0) is 14.3 Å². The Labute approximate surface area is 195 Å². The van der Waals surface area contributed by atoms with Gasteiger partial charge in [0, 0.05) is 25.9 Å². The van der Waals surface area contributed by atoms with Crippen LogP contribution in [0.15, 0.2) is 28.0 Å². The molecule has 0 bridgehead atoms. The molecule has 2 aromatic rings. The van der Waals surface area contributed by atoms with Gasteiger partial charge in [0.15, 0.2) is 0 Å². The molecule has 2 aromatic heterocycles. The van der Waals surface area contributed by atoms with Crippen molar-refractivity contribution in [1.82, 2.24) is 14.3 Å². The molecule has 5 heterocycles. The number of carbonyl (C=O) groups is 1. The average Bonchev–Trinajstić information content (AvgIpc) is 3.41. The maximum absolute atomic E-state index is 13.5. The summed E-state index contributed by atoms with van der Waals surface area (Å²) in [5, 5.41) is 0. The molecule has 3 fully saturated rings. The van der Waals surface area contributed by atoms with Crippen LogP contribution in [-0.4, -0.2) is 70.1 Å². The quantitative estimate of drug-likeness (QED) is 0.495. The molecule has 10 heteroatoms. The van der Waals surface area contributed by atoms with Gasteiger partial charge in [-0.05, 0) is 37.5 Å². The Hall–Kier alpha value is -2.27. The van der Waals surface area contributed by atoms with Gasteiger partial charge in [0.1, 0.15) is 15.8 Å². The fraction of sp³-hybridized carbons (Fsp3) is 0.455. The highest BCUT2D eigenvalue weighted by Gasteiger charge is 2.35. The fourth-order valence-electron chi connectivity index (χ4n) is 4.22. The molecule has 3 saturated heterocycles. The maximum Gasteiger partial charge on any atom is 0.267 e. The van der Waals surface area contributed by atoms with E-state index in [4.69, 9.17) is 26.7 Å². The second-order valence-electron chi connectivity index (χ2n) is 8.07. The normalized spacial score (nSPS) is 23.2. The second kappa shape index (κ2) is 8.93. The number of morpholine rings is 1. The van der Waals surface area contributed by atoms with E-state index in [1.165, 1.54) is 16.2 Å². The van der Waals surface area contributed by atoms with Crippen LogP contribution in [0, 0.1) is 6.92 Å². The Morgan fingerprint density at radius 2 is 2.09 bits per heavy atom. The summed E-state index contributed by atoms with van der Waals surface area (Å²) in [6, 6.07) is 3.76. The van der Waals surface area contributed by atoms with Crippen molar-refractivity contribution in [2.75, 3.05) is 44.4 Å². The van der Waals surface area contributed by atoms with Gasteiger partial charge in [-0.3, -0.25) is 18.9 Å². The minimum atomic E-state index is -0.204. The van der Waals surface area contributed by atoms with E-state index in [9.17, 15) is 9.59 Å². The summed E-state index contributed by atoms with van der Waals surface area (Å²) < 4.78 is 13.2. The summed E-state index contributed by atoms with van der Waals surface area (Å²) in [5.74, 6) is 0.397. The summed E-state index contributed by atoms with van der Waals surface area (Å²) in [7, 11) is 0. The first-order chi connectivity index (χ1) is 15.5. The number of carbonyl (C=O) groups excluding carboxylic acids is 1. The smallest absolute Gasteiger partial charge is 0.267 e. The van der Waals surface area contributed by atoms with E-state index in [0.717, 1.165) is 25.0 Å². The molecule has 0 unspecified atom stereocenters. The van der Waals surface area contributed by atoms with E-state index in [2.05, 4.69) is 4.90 Å². The van der Waals surface area contributed by atoms with Gasteiger partial charge in [-0.2, -0.15) is 0 Å². The molecule has 0 spiro atoms. The first-order valence-corrected chi connectivity index (χ1v) is 12.0. The van der Waals surface area contributed by atoms with Crippen LogP contribution >= 0.6 is 24.0 Å². The molecule has 3 aliphatic heterocycles. The lowest BCUT2D eigenvalue weighted by atomic mass is 10.2. The van der Waals surface area contributed by atoms with Gasteiger partial charge in [-0.1, -0.05) is 30.0 Å². The van der Waals surface area contributed by atoms with Crippen LogP contribution in [0.3, 0.4) is 0 Å². The lowest BCUT2D eigenvalue weighted by molar-refractivity contribution is -0.123. The number of rotatable bonds is 4. The summed E-state index contributed by atoms with van der Waals surface area (Å²) in [6.45, 7) is 5.50. The lowest BCUT2D eigenvalue weighted by Crippen LogP contribution is -2.39. The molecular formula is C22H24N4O4S2. The highest BCUT2D eigenvalue weighted by molar-refractivity contribution is 8.26. The number of hydrogen-bond donors (Lipinski definition) is 0. The highest BCUT2D eigenvalue weighted by atomic mass is 32.2. The Bertz CT molecular complexity index is 1170. The Balaban J connectivity index is 1.57. The number of nitrogens with zero attached hydrogens (tertiary/aromatic N) is 4. The number of aromatic nitrogens is 2. The number of thioether (sulfide) groups is 1. The molecule has 1 amide bonds. The Morgan fingerprint density at radius 1 is 1.28 bits per heavy atom. The zero-order valence-corrected chi connectivity index (χ0v) is 19.4. The minimum absolute atomic E-state index is 0.0108. The number of thiocarbonyl (C=S) groups is 1. The molecule has 3 aliphatic rings. The zero-order chi connectivity index (χ0) is 22.2. The Morgan fingerprint density at radius 3 is 2.84 bits per heavy atom. The van der Waals surface area contributed by atoms with Gasteiger partial charge in [-0.25, -0.2) is 4.98 Å². The molecule has 1 atom stereocenters. The number of ether oxygens (including phenoxy) is 2. The number of amides is 1. The summed E-state index contributed by atoms with van der Waals surface area (Å²) >= 11 is 6.70. The van der Waals surface area contributed by atoms with Crippen molar-refractivity contribution >= 4 is 51.7 Å². The first-order valence-electron chi connectivity index (χ1n) is 10.7. The Kier molecular flexibility index (Phi) is 6.02. The molecule has 168 valence electrons. The molecule has 0 aromatic carbocycles. The van der Waals surface area contributed by atoms with Crippen molar-refractivity contribution in [2.24, 2.45) is 0 Å². The van der Waals surface area contributed by atoms with Gasteiger partial charge in [-0.15, -0.1) is 0 Å². The van der Waals surface area contributed by atoms with Crippen LogP contribution in [0.4, 0.5) is 5.82 Å². The minimum Gasteiger partial charge on any atom is -0.378 e. The standard InChI is InChI=1S/C22H24N4O4S2/c1-14-4-2-6-25-18(14)23-19(24-7-10-29-11-8-24)16(20(25)27)12-17-21(28)26(22(31)32-17)13-15-5-3-9-30-15/h2,4,6,12,15H,3,5,7-11,13H2,1H3/b17-12+/t15-/m1/s1. The SMILES string of the molecule is Cc1cccn2c(=O)c(/C=C3/SC(=S)N(C[C@H]4CCCO4)C3=O)c(N3CCOCC3)nc12. The predicted molar refractivity (Wildman–Crippen MR) is 128 cm³/mol. The maximum atomic E-state index is 13.5. The monoisotopic (exact) mass is 472 g/mol. The van der Waals surface area contributed by atoms with Crippen molar-refractivity contribution in [3.8, 4) is 0 Å². The van der Waals surface area contributed by atoms with E-state index in [0.29, 0.717) is 59.1 Å². The van der Waals surface area contributed by atoms with E-state index in [1.54, 1.807) is 17.2 Å². The fourth-order valence-corrected chi connectivity index (χ4v) is 5.48. The number of aryl methyl sites for hydroxylation is 1. The first kappa shape index (κ1) is 21.6. The summed E-state index contributed by atoms with van der Waals surface area (Å²) in [6.07, 6.45) is 5.30. The van der Waals surface area contributed by atoms with Crippen LogP contribution in [0.2, 0.25) is 0 Å². The number of pyridine rings is 1. The molecule has 0 radical (unpaired) electrons. The number of fused-ring (bicyclic) bond motifs is 1. The zero-order valence-electron chi connectivity index (χ0n) is 17.8. The van der Waals surface area contributed by atoms with Crippen molar-refractivity contribution in [3.63, 3.8) is 0 Å². The van der Waals surface area contributed by atoms with Crippen molar-refractivity contribution < 1.29 is 14.3 Å². The molecule has 8 nitrogen and oxygen atoms in total. The van der Waals surface area contributed by atoms with Crippen molar-refractivity contribution in [1.29, 1.82) is 0 Å². The third-order valence-corrected chi connectivity index (χ3v) is 7.31. The van der Waals surface area contributed by atoms with Crippen LogP contribution in [0.5, 0.6) is 0 Å². The summed E-state index contributed by atoms with van der Waals surface area (Å²) in [4.78, 5) is 35.6. The van der Waals surface area contributed by atoms with Gasteiger partial charge in [0.05, 0.1) is 36.3 Å². The third-order valence-electron chi connectivity index (χ3n) is 5.93. The topological polar surface area (TPSA) is 76.4 Å². The van der Waals surface area contributed by atoms with Crippen LogP contribution in [0.25, 0.3) is 11.7 Å². The molecule has 0 N–H and O–H groups in total. The number of hydrogen-bond acceptors (Lipinski definition) is 8. The van der Waals surface area contributed by atoms with Gasteiger partial charge in [0.2, 0.25) is 0 Å². The van der Waals surface area contributed by atoms with Crippen molar-refractivity contribution in [3.05, 3.63) is 44.7 Å². The van der Waals surface area contributed by atoms with Crippen LogP contribution < -0.4 is 10.5 Å². The van der Waals surface area contributed by atoms with Crippen LogP contribution in [0.1, 0.15) is 24.0 Å². The van der Waals surface area contributed by atoms with E-state index < -0.39 is 0 Å². The van der Waals surface area contributed by atoms with Crippen molar-refractivity contribution in [2.45, 2.75) is 25.9 Å². The summed E-state index contributed by atoms with van der Waals surface area (Å²) in [5.41, 5.74) is 1.72. The van der Waals surface area contributed by atoms with Gasteiger partial charge in [0.25, 0.3) is 11.5 Å². The largest absolute Gasteiger partial charge is 0.378 e. The van der Waals surface area contributed by atoms with E-state index in [-0.39, 0.29) is 17.6 Å². The van der Waals surface area contributed by atoms with E-state index >= 15 is 0 Å². The average molecular weight is 473 g/mol. The second-order valence-corrected chi connectivity index (χ2v) is 9.74. The predicted octanol–water partition coefficient (Wildman–Crippen LogP) is 2.22. The molecule has 0 aliphatic carbocycles. The molecule has 0 saturated carbocycles. The molecule has 32 heavy (non-hydrogen) atoms.